The molecule has 1 unspecified atom stereocenters. The van der Waals surface area contributed by atoms with E-state index in [2.05, 4.69) is 20.5 Å². The van der Waals surface area contributed by atoms with Crippen molar-refractivity contribution in [2.45, 2.75) is 44.4 Å². The highest BCUT2D eigenvalue weighted by Gasteiger charge is 2.21. The standard InChI is InChI=1S/C19H31FN4OS/c1-19(2,3)26(25)13-10-22-18(21-4)23-16-8-11-24(12-9-16)17-7-5-6-15(20)14-17/h5-7,14,16H,8-13H2,1-4H3,(H2,21,22,23). The van der Waals surface area contributed by atoms with Crippen LogP contribution in [0.1, 0.15) is 33.6 Å². The fourth-order valence-electron chi connectivity index (χ4n) is 2.91. The van der Waals surface area contributed by atoms with Crippen LogP contribution in [-0.2, 0) is 10.8 Å². The van der Waals surface area contributed by atoms with Crippen molar-refractivity contribution < 1.29 is 8.60 Å². The van der Waals surface area contributed by atoms with Gasteiger partial charge in [-0.15, -0.1) is 0 Å². The topological polar surface area (TPSA) is 56.7 Å². The molecule has 0 amide bonds. The van der Waals surface area contributed by atoms with Gasteiger partial charge in [-0.25, -0.2) is 4.39 Å². The number of anilines is 1. The van der Waals surface area contributed by atoms with Crippen molar-refractivity contribution in [1.29, 1.82) is 0 Å². The van der Waals surface area contributed by atoms with Gasteiger partial charge < -0.3 is 15.5 Å². The molecule has 0 aromatic heterocycles. The van der Waals surface area contributed by atoms with Crippen LogP contribution in [0, 0.1) is 5.82 Å². The molecule has 5 nitrogen and oxygen atoms in total. The highest BCUT2D eigenvalue weighted by Crippen LogP contribution is 2.20. The molecule has 1 atom stereocenters. The molecule has 1 aliphatic rings. The molecule has 0 aliphatic carbocycles. The molecular formula is C19H31FN4OS. The van der Waals surface area contributed by atoms with Crippen LogP contribution in [-0.4, -0.2) is 53.4 Å². The number of piperidine rings is 1. The summed E-state index contributed by atoms with van der Waals surface area (Å²) >= 11 is 0. The fourth-order valence-corrected chi connectivity index (χ4v) is 3.81. The lowest BCUT2D eigenvalue weighted by Crippen LogP contribution is -2.49. The van der Waals surface area contributed by atoms with E-state index in [4.69, 9.17) is 0 Å². The van der Waals surface area contributed by atoms with Gasteiger partial charge in [0.05, 0.1) is 0 Å². The first-order valence-electron chi connectivity index (χ1n) is 9.16. The Morgan fingerprint density at radius 1 is 1.35 bits per heavy atom. The SMILES string of the molecule is CN=C(NCCS(=O)C(C)(C)C)NC1CCN(c2cccc(F)c2)CC1. The Morgan fingerprint density at radius 2 is 2.04 bits per heavy atom. The van der Waals surface area contributed by atoms with E-state index in [0.29, 0.717) is 18.3 Å². The molecule has 1 aliphatic heterocycles. The van der Waals surface area contributed by atoms with Crippen molar-refractivity contribution >= 4 is 22.4 Å². The molecule has 7 heteroatoms. The van der Waals surface area contributed by atoms with Gasteiger partial charge in [-0.05, 0) is 51.8 Å². The smallest absolute Gasteiger partial charge is 0.191 e. The third-order valence-corrected chi connectivity index (χ3v) is 6.44. The lowest BCUT2D eigenvalue weighted by Gasteiger charge is -2.34. The summed E-state index contributed by atoms with van der Waals surface area (Å²) in [4.78, 5) is 6.47. The first kappa shape index (κ1) is 20.7. The van der Waals surface area contributed by atoms with Gasteiger partial charge in [-0.2, -0.15) is 0 Å². The van der Waals surface area contributed by atoms with Crippen LogP contribution in [0.25, 0.3) is 0 Å². The van der Waals surface area contributed by atoms with E-state index >= 15 is 0 Å². The molecule has 0 bridgehead atoms. The highest BCUT2D eigenvalue weighted by atomic mass is 32.2. The molecule has 1 fully saturated rings. The van der Waals surface area contributed by atoms with Crippen molar-refractivity contribution in [3.8, 4) is 0 Å². The van der Waals surface area contributed by atoms with Gasteiger partial charge in [0.1, 0.15) is 5.82 Å². The molecular weight excluding hydrogens is 351 g/mol. The molecule has 0 radical (unpaired) electrons. The summed E-state index contributed by atoms with van der Waals surface area (Å²) in [5.41, 5.74) is 0.940. The van der Waals surface area contributed by atoms with Gasteiger partial charge in [-0.1, -0.05) is 6.07 Å². The van der Waals surface area contributed by atoms with Crippen LogP contribution in [0.2, 0.25) is 0 Å². The van der Waals surface area contributed by atoms with Crippen molar-refractivity contribution in [3.63, 3.8) is 0 Å². The minimum absolute atomic E-state index is 0.192. The van der Waals surface area contributed by atoms with Crippen molar-refractivity contribution in [2.24, 2.45) is 4.99 Å². The van der Waals surface area contributed by atoms with Crippen LogP contribution in [0.4, 0.5) is 10.1 Å². The highest BCUT2D eigenvalue weighted by molar-refractivity contribution is 7.86. The average Bonchev–Trinajstić information content (AvgIpc) is 2.60. The number of benzene rings is 1. The fraction of sp³-hybridized carbons (Fsp3) is 0.632. The quantitative estimate of drug-likeness (QED) is 0.607. The number of hydrogen-bond acceptors (Lipinski definition) is 3. The zero-order chi connectivity index (χ0) is 19.2. The Bertz CT molecular complexity index is 637. The average molecular weight is 383 g/mol. The van der Waals surface area contributed by atoms with Gasteiger partial charge in [-0.3, -0.25) is 9.20 Å². The summed E-state index contributed by atoms with van der Waals surface area (Å²) in [5, 5.41) is 6.69. The monoisotopic (exact) mass is 382 g/mol. The Labute approximate surface area is 158 Å². The number of aliphatic imine (C=N–C) groups is 1. The van der Waals surface area contributed by atoms with E-state index in [-0.39, 0.29) is 10.6 Å². The van der Waals surface area contributed by atoms with Crippen molar-refractivity contribution in [3.05, 3.63) is 30.1 Å². The largest absolute Gasteiger partial charge is 0.371 e. The van der Waals surface area contributed by atoms with E-state index in [1.165, 1.54) is 6.07 Å². The van der Waals surface area contributed by atoms with E-state index in [0.717, 1.165) is 37.6 Å². The van der Waals surface area contributed by atoms with E-state index in [1.54, 1.807) is 19.2 Å². The van der Waals surface area contributed by atoms with Gasteiger partial charge in [0.25, 0.3) is 0 Å². The maximum absolute atomic E-state index is 13.4. The van der Waals surface area contributed by atoms with Crippen LogP contribution >= 0.6 is 0 Å². The summed E-state index contributed by atoms with van der Waals surface area (Å²) in [7, 11) is 0.875. The Kier molecular flexibility index (Phi) is 7.43. The summed E-state index contributed by atoms with van der Waals surface area (Å²) < 4.78 is 25.3. The second-order valence-electron chi connectivity index (χ2n) is 7.55. The van der Waals surface area contributed by atoms with Gasteiger partial charge in [0.15, 0.2) is 5.96 Å². The molecule has 1 saturated heterocycles. The van der Waals surface area contributed by atoms with Crippen molar-refractivity contribution in [1.82, 2.24) is 10.6 Å². The lowest BCUT2D eigenvalue weighted by molar-refractivity contribution is 0.461. The zero-order valence-corrected chi connectivity index (χ0v) is 17.0. The first-order valence-corrected chi connectivity index (χ1v) is 10.5. The molecule has 2 rings (SSSR count). The molecule has 1 aromatic carbocycles. The van der Waals surface area contributed by atoms with E-state index < -0.39 is 10.8 Å². The van der Waals surface area contributed by atoms with E-state index in [9.17, 15) is 8.60 Å². The second kappa shape index (κ2) is 9.35. The molecule has 26 heavy (non-hydrogen) atoms. The molecule has 146 valence electrons. The number of guanidine groups is 1. The van der Waals surface area contributed by atoms with Gasteiger partial charge in [0.2, 0.25) is 0 Å². The number of halogens is 1. The third kappa shape index (κ3) is 6.27. The summed E-state index contributed by atoms with van der Waals surface area (Å²) in [6, 6.07) is 7.10. The van der Waals surface area contributed by atoms with Crippen molar-refractivity contribution in [2.75, 3.05) is 37.3 Å². The van der Waals surface area contributed by atoms with Crippen LogP contribution in [0.5, 0.6) is 0 Å². The third-order valence-electron chi connectivity index (χ3n) is 4.50. The number of nitrogens with zero attached hydrogens (tertiary/aromatic N) is 2. The maximum atomic E-state index is 13.4. The Balaban J connectivity index is 1.76. The minimum Gasteiger partial charge on any atom is -0.371 e. The van der Waals surface area contributed by atoms with Gasteiger partial charge in [0, 0.05) is 59.7 Å². The van der Waals surface area contributed by atoms with Crippen LogP contribution in [0.3, 0.4) is 0 Å². The van der Waals surface area contributed by atoms with E-state index in [1.807, 2.05) is 26.8 Å². The molecule has 2 N–H and O–H groups in total. The summed E-state index contributed by atoms with van der Waals surface area (Å²) in [6.45, 7) is 8.36. The number of nitrogens with one attached hydrogen (secondary N) is 2. The first-order chi connectivity index (χ1) is 12.3. The predicted octanol–water partition coefficient (Wildman–Crippen LogP) is 2.51. The predicted molar refractivity (Wildman–Crippen MR) is 109 cm³/mol. The van der Waals surface area contributed by atoms with Gasteiger partial charge >= 0.3 is 0 Å². The van der Waals surface area contributed by atoms with Crippen LogP contribution < -0.4 is 15.5 Å². The minimum atomic E-state index is -0.873. The molecule has 0 saturated carbocycles. The summed E-state index contributed by atoms with van der Waals surface area (Å²) in [6.07, 6.45) is 1.93. The number of rotatable bonds is 5. The Morgan fingerprint density at radius 3 is 2.62 bits per heavy atom. The normalized spacial score (nSPS) is 17.9. The lowest BCUT2D eigenvalue weighted by atomic mass is 10.0. The van der Waals surface area contributed by atoms with Crippen LogP contribution in [0.15, 0.2) is 29.3 Å². The summed E-state index contributed by atoms with van der Waals surface area (Å²) in [5.74, 6) is 1.16. The maximum Gasteiger partial charge on any atom is 0.191 e. The Hall–Kier alpha value is -1.63. The molecule has 0 spiro atoms. The second-order valence-corrected chi connectivity index (χ2v) is 9.87. The molecule has 1 heterocycles. The number of hydrogen-bond donors (Lipinski definition) is 2. The zero-order valence-electron chi connectivity index (χ0n) is 16.2. The molecule has 1 aromatic rings.